The maximum absolute atomic E-state index is 5.53. The fourth-order valence-corrected chi connectivity index (χ4v) is 2.02. The Labute approximate surface area is 91.1 Å². The summed E-state index contributed by atoms with van der Waals surface area (Å²) in [4.78, 5) is 4.06. The summed E-state index contributed by atoms with van der Waals surface area (Å²) < 4.78 is 0. The minimum absolute atomic E-state index is 0.579. The van der Waals surface area contributed by atoms with Crippen LogP contribution in [0.5, 0.6) is 0 Å². The second-order valence-corrected chi connectivity index (χ2v) is 4.58. The molecule has 0 spiro atoms. The van der Waals surface area contributed by atoms with E-state index in [0.717, 1.165) is 12.2 Å². The third kappa shape index (κ3) is 2.61. The summed E-state index contributed by atoms with van der Waals surface area (Å²) in [5.74, 6) is 0.579. The smallest absolute Gasteiger partial charge is 0.123 e. The average Bonchev–Trinajstić information content (AvgIpc) is 2.99. The van der Waals surface area contributed by atoms with Crippen LogP contribution < -0.4 is 11.1 Å². The fourth-order valence-electron chi connectivity index (χ4n) is 2.02. The van der Waals surface area contributed by atoms with Crippen molar-refractivity contribution in [1.82, 2.24) is 4.98 Å². The van der Waals surface area contributed by atoms with Crippen LogP contribution >= 0.6 is 0 Å². The fraction of sp³-hybridized carbons (Fsp3) is 0.583. The van der Waals surface area contributed by atoms with Crippen LogP contribution in [0.4, 0.5) is 11.5 Å². The Balaban J connectivity index is 1.85. The van der Waals surface area contributed by atoms with Crippen molar-refractivity contribution in [1.29, 1.82) is 0 Å². The van der Waals surface area contributed by atoms with Gasteiger partial charge in [-0.15, -0.1) is 0 Å². The van der Waals surface area contributed by atoms with E-state index in [1.165, 1.54) is 25.7 Å². The predicted octanol–water partition coefficient (Wildman–Crippen LogP) is 2.66. The number of hydrogen-bond acceptors (Lipinski definition) is 3. The minimum Gasteiger partial charge on any atom is -0.384 e. The molecule has 0 aliphatic heterocycles. The standard InChI is InChI=1S/C12H19N3/c1-2-5-12(6-7-12)9-15-10-3-4-11(13)14-8-10/h3-4,8,15H,2,5-7,9H2,1H3,(H2,13,14). The van der Waals surface area contributed by atoms with E-state index in [0.29, 0.717) is 11.2 Å². The Morgan fingerprint density at radius 2 is 2.27 bits per heavy atom. The molecule has 1 saturated carbocycles. The minimum atomic E-state index is 0.579. The molecule has 0 saturated heterocycles. The molecule has 0 bridgehead atoms. The first kappa shape index (κ1) is 10.3. The van der Waals surface area contributed by atoms with Crippen LogP contribution in [0.25, 0.3) is 0 Å². The third-order valence-corrected chi connectivity index (χ3v) is 3.19. The molecule has 3 N–H and O–H groups in total. The molecule has 1 heterocycles. The lowest BCUT2D eigenvalue weighted by Crippen LogP contribution is -2.15. The summed E-state index contributed by atoms with van der Waals surface area (Å²) in [5.41, 5.74) is 7.18. The molecule has 15 heavy (non-hydrogen) atoms. The van der Waals surface area contributed by atoms with Gasteiger partial charge in [0, 0.05) is 6.54 Å². The molecular weight excluding hydrogens is 186 g/mol. The molecule has 0 aromatic carbocycles. The van der Waals surface area contributed by atoms with Gasteiger partial charge in [-0.1, -0.05) is 13.3 Å². The lowest BCUT2D eigenvalue weighted by atomic mass is 10.0. The number of anilines is 2. The summed E-state index contributed by atoms with van der Waals surface area (Å²) >= 11 is 0. The van der Waals surface area contributed by atoms with E-state index < -0.39 is 0 Å². The van der Waals surface area contributed by atoms with Gasteiger partial charge >= 0.3 is 0 Å². The first-order valence-electron chi connectivity index (χ1n) is 5.69. The monoisotopic (exact) mass is 205 g/mol. The normalized spacial score (nSPS) is 17.4. The highest BCUT2D eigenvalue weighted by molar-refractivity contribution is 5.45. The van der Waals surface area contributed by atoms with Crippen molar-refractivity contribution in [3.63, 3.8) is 0 Å². The highest BCUT2D eigenvalue weighted by Gasteiger charge is 2.40. The molecule has 1 aliphatic carbocycles. The molecule has 0 radical (unpaired) electrons. The number of hydrogen-bond donors (Lipinski definition) is 2. The second-order valence-electron chi connectivity index (χ2n) is 4.58. The zero-order valence-corrected chi connectivity index (χ0v) is 9.29. The Bertz CT molecular complexity index is 314. The van der Waals surface area contributed by atoms with Crippen molar-refractivity contribution < 1.29 is 0 Å². The van der Waals surface area contributed by atoms with E-state index >= 15 is 0 Å². The maximum Gasteiger partial charge on any atom is 0.123 e. The molecule has 1 aliphatic rings. The Hall–Kier alpha value is -1.25. The van der Waals surface area contributed by atoms with Crippen molar-refractivity contribution >= 4 is 11.5 Å². The zero-order chi connectivity index (χ0) is 10.7. The highest BCUT2D eigenvalue weighted by atomic mass is 14.9. The van der Waals surface area contributed by atoms with Crippen LogP contribution in [-0.2, 0) is 0 Å². The number of nitrogen functional groups attached to an aromatic ring is 1. The first-order valence-corrected chi connectivity index (χ1v) is 5.69. The van der Waals surface area contributed by atoms with Crippen LogP contribution in [-0.4, -0.2) is 11.5 Å². The molecular formula is C12H19N3. The van der Waals surface area contributed by atoms with E-state index in [2.05, 4.69) is 17.2 Å². The molecule has 82 valence electrons. The lowest BCUT2D eigenvalue weighted by molar-refractivity contribution is 0.485. The van der Waals surface area contributed by atoms with E-state index in [1.807, 2.05) is 12.1 Å². The largest absolute Gasteiger partial charge is 0.384 e. The summed E-state index contributed by atoms with van der Waals surface area (Å²) in [6, 6.07) is 3.83. The molecule has 2 rings (SSSR count). The Morgan fingerprint density at radius 1 is 1.47 bits per heavy atom. The molecule has 0 amide bonds. The summed E-state index contributed by atoms with van der Waals surface area (Å²) in [7, 11) is 0. The molecule has 3 nitrogen and oxygen atoms in total. The highest BCUT2D eigenvalue weighted by Crippen LogP contribution is 2.49. The van der Waals surface area contributed by atoms with Gasteiger partial charge in [-0.3, -0.25) is 0 Å². The molecule has 0 atom stereocenters. The number of rotatable bonds is 5. The van der Waals surface area contributed by atoms with Gasteiger partial charge in [-0.05, 0) is 36.8 Å². The molecule has 1 aromatic rings. The third-order valence-electron chi connectivity index (χ3n) is 3.19. The van der Waals surface area contributed by atoms with Crippen LogP contribution in [0.1, 0.15) is 32.6 Å². The van der Waals surface area contributed by atoms with Crippen molar-refractivity contribution in [2.75, 3.05) is 17.6 Å². The molecule has 3 heteroatoms. The summed E-state index contributed by atoms with van der Waals surface area (Å²) in [5, 5.41) is 3.44. The number of nitrogens with zero attached hydrogens (tertiary/aromatic N) is 1. The van der Waals surface area contributed by atoms with E-state index in [4.69, 9.17) is 5.73 Å². The van der Waals surface area contributed by atoms with E-state index in [1.54, 1.807) is 6.20 Å². The van der Waals surface area contributed by atoms with Gasteiger partial charge in [0.1, 0.15) is 5.82 Å². The second kappa shape index (κ2) is 4.09. The van der Waals surface area contributed by atoms with Gasteiger partial charge in [0.2, 0.25) is 0 Å². The molecule has 1 fully saturated rings. The summed E-state index contributed by atoms with van der Waals surface area (Å²) in [6.07, 6.45) is 7.16. The number of aromatic nitrogens is 1. The van der Waals surface area contributed by atoms with E-state index in [9.17, 15) is 0 Å². The van der Waals surface area contributed by atoms with Gasteiger partial charge in [0.05, 0.1) is 11.9 Å². The quantitative estimate of drug-likeness (QED) is 0.777. The Kier molecular flexibility index (Phi) is 2.80. The van der Waals surface area contributed by atoms with Crippen molar-refractivity contribution in [2.45, 2.75) is 32.6 Å². The average molecular weight is 205 g/mol. The van der Waals surface area contributed by atoms with Crippen LogP contribution in [0.3, 0.4) is 0 Å². The SMILES string of the molecule is CCCC1(CNc2ccc(N)nc2)CC1. The molecule has 0 unspecified atom stereocenters. The van der Waals surface area contributed by atoms with Crippen molar-refractivity contribution in [2.24, 2.45) is 5.41 Å². The number of nitrogens with two attached hydrogens (primary N) is 1. The van der Waals surface area contributed by atoms with Crippen LogP contribution in [0.2, 0.25) is 0 Å². The van der Waals surface area contributed by atoms with Gasteiger partial charge < -0.3 is 11.1 Å². The predicted molar refractivity (Wildman–Crippen MR) is 63.7 cm³/mol. The number of nitrogens with one attached hydrogen (secondary N) is 1. The maximum atomic E-state index is 5.53. The summed E-state index contributed by atoms with van der Waals surface area (Å²) in [6.45, 7) is 3.33. The van der Waals surface area contributed by atoms with E-state index in [-0.39, 0.29) is 0 Å². The van der Waals surface area contributed by atoms with Crippen LogP contribution in [0, 0.1) is 5.41 Å². The molecule has 1 aromatic heterocycles. The van der Waals surface area contributed by atoms with Crippen molar-refractivity contribution in [3.8, 4) is 0 Å². The van der Waals surface area contributed by atoms with Gasteiger partial charge in [-0.25, -0.2) is 4.98 Å². The first-order chi connectivity index (χ1) is 7.24. The zero-order valence-electron chi connectivity index (χ0n) is 9.29. The van der Waals surface area contributed by atoms with Crippen LogP contribution in [0.15, 0.2) is 18.3 Å². The lowest BCUT2D eigenvalue weighted by Gasteiger charge is -2.15. The van der Waals surface area contributed by atoms with Gasteiger partial charge in [-0.2, -0.15) is 0 Å². The number of pyridine rings is 1. The Morgan fingerprint density at radius 3 is 2.80 bits per heavy atom. The van der Waals surface area contributed by atoms with Gasteiger partial charge in [0.15, 0.2) is 0 Å². The topological polar surface area (TPSA) is 50.9 Å². The van der Waals surface area contributed by atoms with Crippen molar-refractivity contribution in [3.05, 3.63) is 18.3 Å². The van der Waals surface area contributed by atoms with Gasteiger partial charge in [0.25, 0.3) is 0 Å².